The summed E-state index contributed by atoms with van der Waals surface area (Å²) in [7, 11) is 21.3. The van der Waals surface area contributed by atoms with Crippen molar-refractivity contribution < 1.29 is 67.0 Å². The van der Waals surface area contributed by atoms with E-state index in [0.717, 1.165) is 81.9 Å². The third-order valence-corrected chi connectivity index (χ3v) is 13.3. The van der Waals surface area contributed by atoms with Crippen LogP contribution in [0.1, 0.15) is 129 Å². The van der Waals surface area contributed by atoms with Crippen LogP contribution in [-0.4, -0.2) is 125 Å². The lowest BCUT2D eigenvalue weighted by atomic mass is 10.0. The zero-order valence-corrected chi connectivity index (χ0v) is 59.0. The molecule has 4 aromatic carbocycles. The Kier molecular flexibility index (Phi) is 39.6. The van der Waals surface area contributed by atoms with E-state index in [9.17, 15) is 28.8 Å². The monoisotopic (exact) mass is 1400 g/mol. The Morgan fingerprint density at radius 2 is 0.815 bits per heavy atom. The molecule has 0 fully saturated rings. The Balaban J connectivity index is 0.000000389. The minimum Gasteiger partial charge on any atom is -0.497 e. The van der Waals surface area contributed by atoms with E-state index < -0.39 is 23.3 Å². The molecule has 0 atom stereocenters. The number of halogens is 6. The van der Waals surface area contributed by atoms with Gasteiger partial charge in [0.25, 0.3) is 0 Å². The molecule has 4 aromatic heterocycles. The van der Waals surface area contributed by atoms with Crippen LogP contribution in [0.5, 0.6) is 23.0 Å². The first-order valence-corrected chi connectivity index (χ1v) is 35.3. The zero-order chi connectivity index (χ0) is 68.7. The normalized spacial score (nSPS) is 9.88. The number of methoxy groups -OCH3 is 4. The average molecular weight is 1400 g/mol. The number of aromatic amines is 4. The second kappa shape index (κ2) is 45.1. The van der Waals surface area contributed by atoms with E-state index in [0.29, 0.717) is 53.8 Å². The number of carbonyl (C=O) groups is 6. The molecule has 8 aromatic rings. The lowest BCUT2D eigenvalue weighted by Crippen LogP contribution is -2.08. The summed E-state index contributed by atoms with van der Waals surface area (Å²) in [5, 5.41) is 8.82. The highest BCUT2D eigenvalue weighted by atomic mass is 35.8. The first-order chi connectivity index (χ1) is 43.9. The summed E-state index contributed by atoms with van der Waals surface area (Å²) in [5.41, 5.74) is 11.8. The Bertz CT molecular complexity index is 3540. The number of alkyl halides is 2. The molecule has 8 rings (SSSR count). The molecule has 0 radical (unpaired) electrons. The molecule has 0 aliphatic heterocycles. The molecule has 0 saturated heterocycles. The summed E-state index contributed by atoms with van der Waals surface area (Å²) in [6.07, 6.45) is 10.9. The largest absolute Gasteiger partial charge is 0.643 e. The van der Waals surface area contributed by atoms with Gasteiger partial charge in [-0.15, -0.1) is 23.2 Å². The average Bonchev–Trinajstić information content (AvgIpc) is 1.90. The summed E-state index contributed by atoms with van der Waals surface area (Å²) in [6.45, 7) is 13.8. The van der Waals surface area contributed by atoms with Gasteiger partial charge in [-0.3, -0.25) is 9.59 Å². The van der Waals surface area contributed by atoms with E-state index in [1.807, 2.05) is 118 Å². The third-order valence-electron chi connectivity index (χ3n) is 13.2. The van der Waals surface area contributed by atoms with Crippen LogP contribution in [0.15, 0.2) is 128 Å². The minimum atomic E-state index is -1.72. The number of ketones is 1. The van der Waals surface area contributed by atoms with Crippen molar-refractivity contribution in [2.24, 2.45) is 0 Å². The number of aryl methyl sites for hydroxylation is 5. The zero-order valence-electron chi connectivity index (χ0n) is 53.3. The predicted molar refractivity (Wildman–Crippen MR) is 366 cm³/mol. The number of benzene rings is 4. The Labute approximate surface area is 569 Å². The molecule has 4 heterocycles. The van der Waals surface area contributed by atoms with Crippen molar-refractivity contribution in [2.45, 2.75) is 87.0 Å². The van der Waals surface area contributed by atoms with Crippen molar-refractivity contribution in [2.75, 3.05) is 53.6 Å². The highest BCUT2D eigenvalue weighted by Gasteiger charge is 2.20. The molecule has 0 spiro atoms. The Hall–Kier alpha value is -7.31. The number of hydrogen-bond donors (Lipinski definition) is 5. The van der Waals surface area contributed by atoms with E-state index in [1.165, 1.54) is 11.1 Å². The number of rotatable bonds is 22. The number of H-pyrrole nitrogens is 4. The van der Waals surface area contributed by atoms with Crippen molar-refractivity contribution in [3.63, 3.8) is 0 Å². The van der Waals surface area contributed by atoms with Gasteiger partial charge in [0.1, 0.15) is 45.8 Å². The highest BCUT2D eigenvalue weighted by Crippen LogP contribution is 2.23. The Morgan fingerprint density at radius 3 is 1.17 bits per heavy atom. The molecule has 0 unspecified atom stereocenters. The number of hydrogen-bond acceptors (Lipinski definition) is 13. The maximum Gasteiger partial charge on any atom is 0.643 e. The van der Waals surface area contributed by atoms with E-state index in [-0.39, 0.29) is 46.8 Å². The standard InChI is InChI=1S/C17H19NO4.C17H21NO3.C15H17NO3.C9H9ClO2.C8H11NO2.CH2Cl2.Al.3ClH/c1-4-22-17(20)16-11(2)14(10-18-16)15(19)9-12-6-5-7-13(8-12)21-3;1-4-21-17(19)16-12(2)14(11-18-16)9-8-13-6-5-7-15(10-13)20-3;1-10-12(9-16-14(10)15(17)18)7-6-11-4-3-5-13(8-11)19-2;1-12-8-4-2-3-7(5-8)6-9(10)11;1-3-11-8(10)7-6(2)4-5-9-7;2-1-3;;;;/h5-8,10,18H,4,9H2,1-3H3;5-7,10-11,18H,4,8-9H2,1-3H3;3-5,8-9,16H,6-7H2,1-2H3,(H,17,18);2-5H,6H2,1H3;4-5,9H,3H2,1-2H3;1H2;;3*1H/q;;;;;;+3;;;/p-3. The highest BCUT2D eigenvalue weighted by molar-refractivity contribution is 7.54. The lowest BCUT2D eigenvalue weighted by molar-refractivity contribution is -0.111. The fraction of sp³-hybridized carbons (Fsp3) is 0.313. The van der Waals surface area contributed by atoms with Gasteiger partial charge in [-0.1, -0.05) is 48.5 Å². The number of carbonyl (C=O) groups excluding carboxylic acids is 5. The molecule has 0 aliphatic carbocycles. The van der Waals surface area contributed by atoms with E-state index >= 15 is 0 Å². The van der Waals surface area contributed by atoms with Gasteiger partial charge in [-0.05, 0) is 196 Å². The van der Waals surface area contributed by atoms with E-state index in [1.54, 1.807) is 80.8 Å². The van der Waals surface area contributed by atoms with Gasteiger partial charge in [0.15, 0.2) is 5.78 Å². The SMILES string of the molecule is CCOC(=O)c1[nH]cc(C(=O)Cc2cccc(OC)c2)c1C.CCOC(=O)c1[nH]cc(CCc2cccc(OC)c2)c1C.CCOC(=O)c1[nH]ccc1C.COc1cccc(CC(=O)Cl)c1.COc1cccc(CCc2c[nH]c(C(=O)O)c2C)c1.ClCCl.[Cl][Al]([Cl])[Cl]. The van der Waals surface area contributed by atoms with Crippen LogP contribution in [0.3, 0.4) is 0 Å². The van der Waals surface area contributed by atoms with Gasteiger partial charge in [0.05, 0.1) is 53.6 Å². The summed E-state index contributed by atoms with van der Waals surface area (Å²) in [6, 6.07) is 32.4. The van der Waals surface area contributed by atoms with Crippen LogP contribution in [0.2, 0.25) is 0 Å². The maximum atomic E-state index is 12.4. The fourth-order valence-electron chi connectivity index (χ4n) is 8.52. The second-order valence-corrected chi connectivity index (χ2v) is 26.9. The van der Waals surface area contributed by atoms with Crippen molar-refractivity contribution in [3.05, 3.63) is 212 Å². The van der Waals surface area contributed by atoms with Gasteiger partial charge in [-0.25, -0.2) is 49.3 Å². The van der Waals surface area contributed by atoms with Gasteiger partial charge in [0.2, 0.25) is 5.24 Å². The molecule has 5 N–H and O–H groups in total. The molecular formula is C67H79AlCl6N4O14. The molecule has 92 heavy (non-hydrogen) atoms. The van der Waals surface area contributed by atoms with E-state index in [2.05, 4.69) is 26.0 Å². The molecule has 496 valence electrons. The number of Topliss-reactive ketones (excluding diaryl/α,β-unsaturated/α-hetero) is 1. The van der Waals surface area contributed by atoms with Gasteiger partial charge in [0, 0.05) is 43.2 Å². The first-order valence-electron chi connectivity index (χ1n) is 28.6. The smallest absolute Gasteiger partial charge is 0.497 e. The number of ether oxygens (including phenoxy) is 7. The van der Waals surface area contributed by atoms with Crippen LogP contribution >= 0.6 is 65.0 Å². The van der Waals surface area contributed by atoms with Crippen molar-refractivity contribution in [1.82, 2.24) is 19.9 Å². The summed E-state index contributed by atoms with van der Waals surface area (Å²) in [4.78, 5) is 80.0. The first kappa shape index (κ1) is 80.8. The molecular weight excluding hydrogens is 1320 g/mol. The predicted octanol–water partition coefficient (Wildman–Crippen LogP) is 15.7. The summed E-state index contributed by atoms with van der Waals surface area (Å²) >= 11 is 13.0. The second-order valence-electron chi connectivity index (χ2n) is 19.2. The van der Waals surface area contributed by atoms with Crippen molar-refractivity contribution in [3.8, 4) is 23.0 Å². The van der Waals surface area contributed by atoms with Crippen molar-refractivity contribution in [1.29, 1.82) is 0 Å². The van der Waals surface area contributed by atoms with E-state index in [4.69, 9.17) is 103 Å². The molecule has 0 bridgehead atoms. The number of aromatic carboxylic acids is 1. The van der Waals surface area contributed by atoms with Gasteiger partial charge in [-0.2, -0.15) is 0 Å². The fourth-order valence-corrected chi connectivity index (χ4v) is 8.67. The quantitative estimate of drug-likeness (QED) is 0.0106. The number of carboxylic acid groups (broad SMARTS) is 1. The topological polar surface area (TPSA) is 250 Å². The third kappa shape index (κ3) is 29.5. The number of nitrogens with one attached hydrogen (secondary N) is 4. The maximum absolute atomic E-state index is 12.4. The van der Waals surface area contributed by atoms with Gasteiger partial charge >= 0.3 is 35.3 Å². The van der Waals surface area contributed by atoms with Crippen LogP contribution in [0.25, 0.3) is 0 Å². The van der Waals surface area contributed by atoms with Crippen molar-refractivity contribution >= 4 is 111 Å². The number of aromatic nitrogens is 4. The lowest BCUT2D eigenvalue weighted by Gasteiger charge is -2.05. The van der Waals surface area contributed by atoms with Crippen LogP contribution in [0, 0.1) is 27.7 Å². The molecule has 18 nitrogen and oxygen atoms in total. The molecule has 0 amide bonds. The minimum absolute atomic E-state index is 0.0578. The summed E-state index contributed by atoms with van der Waals surface area (Å²) < 4.78 is 35.3. The molecule has 0 aliphatic rings. The van der Waals surface area contributed by atoms with Crippen LogP contribution in [0.4, 0.5) is 0 Å². The van der Waals surface area contributed by atoms with Crippen LogP contribution in [-0.2, 0) is 57.5 Å². The molecule has 0 saturated carbocycles. The molecule has 25 heteroatoms. The van der Waals surface area contributed by atoms with Crippen LogP contribution < -0.4 is 18.9 Å². The Morgan fingerprint density at radius 1 is 0.467 bits per heavy atom. The number of esters is 3. The number of carboxylic acids is 1. The summed E-state index contributed by atoms with van der Waals surface area (Å²) in [5.74, 6) is 1.18. The van der Waals surface area contributed by atoms with Gasteiger partial charge < -0.3 is 58.2 Å².